The van der Waals surface area contributed by atoms with E-state index in [2.05, 4.69) is 11.3 Å². The minimum absolute atomic E-state index is 0. The fourth-order valence-electron chi connectivity index (χ4n) is 0.216. The molecule has 0 amide bonds. The van der Waals surface area contributed by atoms with Crippen molar-refractivity contribution in [1.82, 2.24) is 0 Å². The van der Waals surface area contributed by atoms with E-state index in [-0.39, 0.29) is 17.1 Å². The molecule has 0 spiro atoms. The number of ether oxygens (including phenoxy) is 1. The largest absolute Gasteiger partial charge is 0.433 e. The Kier molecular flexibility index (Phi) is 7.42. The molecule has 3 nitrogen and oxygen atoms in total. The molecule has 0 radical (unpaired) electrons. The zero-order chi connectivity index (χ0) is 6.57. The summed E-state index contributed by atoms with van der Waals surface area (Å²) in [4.78, 5) is 10.1. The molecule has 0 aromatic carbocycles. The van der Waals surface area contributed by atoms with E-state index in [1.165, 1.54) is 6.92 Å². The first-order chi connectivity index (χ1) is 3.66. The number of hydrogen-bond donors (Lipinski definition) is 1. The first-order valence-corrected chi connectivity index (χ1v) is 2.18. The van der Waals surface area contributed by atoms with E-state index in [0.29, 0.717) is 0 Å². The van der Waals surface area contributed by atoms with E-state index >= 15 is 0 Å². The van der Waals surface area contributed by atoms with E-state index in [0.717, 1.165) is 6.08 Å². The number of esters is 1. The summed E-state index contributed by atoms with van der Waals surface area (Å²) in [6.45, 7) is 4.48. The van der Waals surface area contributed by atoms with Gasteiger partial charge < -0.3 is 9.84 Å². The van der Waals surface area contributed by atoms with Crippen LogP contribution in [0.5, 0.6) is 0 Å². The third kappa shape index (κ3) is 7.69. The molecule has 0 aromatic heterocycles. The number of aliphatic hydroxyl groups excluding tert-OH is 1. The molecule has 0 aliphatic heterocycles. The first kappa shape index (κ1) is 11.5. The molecule has 0 aliphatic carbocycles. The molecule has 54 valence electrons. The monoisotopic (exact) mass is 172 g/mol. The van der Waals surface area contributed by atoms with Crippen LogP contribution in [0.15, 0.2) is 12.7 Å². The van der Waals surface area contributed by atoms with E-state index < -0.39 is 12.3 Å². The van der Waals surface area contributed by atoms with E-state index in [1.54, 1.807) is 0 Å². The number of carbonyl (C=O) groups is 1. The number of rotatable bonds is 2. The smallest absolute Gasteiger partial charge is 0.332 e. The van der Waals surface area contributed by atoms with Crippen LogP contribution in [-0.2, 0) is 26.6 Å². The van der Waals surface area contributed by atoms with Crippen molar-refractivity contribution in [3.8, 4) is 0 Å². The third-order valence-electron chi connectivity index (χ3n) is 0.453. The van der Waals surface area contributed by atoms with Crippen molar-refractivity contribution in [1.29, 1.82) is 0 Å². The first-order valence-electron chi connectivity index (χ1n) is 2.18. The Hall–Kier alpha value is -0.311. The van der Waals surface area contributed by atoms with E-state index in [9.17, 15) is 4.79 Å². The molecule has 0 aromatic rings. The zero-order valence-corrected chi connectivity index (χ0v) is 6.08. The molecule has 0 aliphatic rings. The molecule has 4 heteroatoms. The minimum atomic E-state index is -1.04. The Morgan fingerprint density at radius 1 is 1.89 bits per heavy atom. The second kappa shape index (κ2) is 5.82. The average Bonchev–Trinajstić information content (AvgIpc) is 1.65. The zero-order valence-electron chi connectivity index (χ0n) is 4.98. The molecule has 9 heavy (non-hydrogen) atoms. The maximum Gasteiger partial charge on any atom is 0.332 e. The van der Waals surface area contributed by atoms with Crippen molar-refractivity contribution in [3.63, 3.8) is 0 Å². The Morgan fingerprint density at radius 3 is 2.44 bits per heavy atom. The van der Waals surface area contributed by atoms with Gasteiger partial charge in [-0.05, 0) is 6.92 Å². The van der Waals surface area contributed by atoms with Crippen LogP contribution in [0, 0.1) is 0 Å². The van der Waals surface area contributed by atoms with Crippen LogP contribution in [0.2, 0.25) is 0 Å². The summed E-state index contributed by atoms with van der Waals surface area (Å²) in [5.74, 6) is -0.611. The van der Waals surface area contributed by atoms with Gasteiger partial charge in [-0.15, -0.1) is 0 Å². The summed E-state index contributed by atoms with van der Waals surface area (Å²) < 4.78 is 4.20. The molecular weight excluding hydrogens is 164 g/mol. The molecular formula is C5H8FeO3. The van der Waals surface area contributed by atoms with E-state index in [4.69, 9.17) is 5.11 Å². The summed E-state index contributed by atoms with van der Waals surface area (Å²) in [6.07, 6.45) is -0.0484. The normalized spacial score (nSPS) is 10.9. The summed E-state index contributed by atoms with van der Waals surface area (Å²) in [5.41, 5.74) is 0. The molecule has 0 fully saturated rings. The van der Waals surface area contributed by atoms with Gasteiger partial charge in [0.2, 0.25) is 0 Å². The van der Waals surface area contributed by atoms with Gasteiger partial charge >= 0.3 is 5.97 Å². The second-order valence-corrected chi connectivity index (χ2v) is 1.24. The topological polar surface area (TPSA) is 46.5 Å². The number of hydrogen-bond acceptors (Lipinski definition) is 3. The van der Waals surface area contributed by atoms with Crippen molar-refractivity contribution in [3.05, 3.63) is 12.7 Å². The van der Waals surface area contributed by atoms with E-state index in [1.807, 2.05) is 0 Å². The van der Waals surface area contributed by atoms with Gasteiger partial charge in [-0.2, -0.15) is 0 Å². The molecule has 1 N–H and O–H groups in total. The molecule has 0 bridgehead atoms. The Bertz CT molecular complexity index is 100. The predicted octanol–water partition coefficient (Wildman–Crippen LogP) is 0.0514. The van der Waals surface area contributed by atoms with Gasteiger partial charge in [0.05, 0.1) is 0 Å². The predicted molar refractivity (Wildman–Crippen MR) is 28.0 cm³/mol. The molecule has 1 atom stereocenters. The van der Waals surface area contributed by atoms with Gasteiger partial charge in [-0.1, -0.05) is 6.58 Å². The maximum atomic E-state index is 10.1. The molecule has 0 rings (SSSR count). The molecule has 0 saturated heterocycles. The summed E-state index contributed by atoms with van der Waals surface area (Å²) in [6, 6.07) is 0. The van der Waals surface area contributed by atoms with Gasteiger partial charge in [-0.3, -0.25) is 0 Å². The van der Waals surface area contributed by atoms with Crippen molar-refractivity contribution >= 4 is 5.97 Å². The maximum absolute atomic E-state index is 10.1. The van der Waals surface area contributed by atoms with Crippen molar-refractivity contribution in [2.24, 2.45) is 0 Å². The van der Waals surface area contributed by atoms with Crippen LogP contribution in [0.25, 0.3) is 0 Å². The quantitative estimate of drug-likeness (QED) is 0.277. The number of carbonyl (C=O) groups excluding carboxylic acids is 1. The summed E-state index contributed by atoms with van der Waals surface area (Å²) >= 11 is 0. The SMILES string of the molecule is C=CC(=O)OC(C)O.[Fe]. The van der Waals surface area contributed by atoms with Gasteiger partial charge in [0.25, 0.3) is 0 Å². The van der Waals surface area contributed by atoms with Crippen LogP contribution in [0.3, 0.4) is 0 Å². The van der Waals surface area contributed by atoms with Crippen LogP contribution in [0.1, 0.15) is 6.92 Å². The Morgan fingerprint density at radius 2 is 2.33 bits per heavy atom. The molecule has 0 heterocycles. The van der Waals surface area contributed by atoms with Gasteiger partial charge in [0.1, 0.15) is 0 Å². The molecule has 1 unspecified atom stereocenters. The van der Waals surface area contributed by atoms with Crippen LogP contribution in [-0.4, -0.2) is 17.4 Å². The van der Waals surface area contributed by atoms with Crippen molar-refractivity contribution in [2.75, 3.05) is 0 Å². The van der Waals surface area contributed by atoms with Gasteiger partial charge in [-0.25, -0.2) is 4.79 Å². The Labute approximate surface area is 64.2 Å². The molecule has 0 saturated carbocycles. The van der Waals surface area contributed by atoms with Crippen molar-refractivity contribution < 1.29 is 31.7 Å². The number of aliphatic hydroxyl groups is 1. The van der Waals surface area contributed by atoms with Gasteiger partial charge in [0.15, 0.2) is 6.29 Å². The van der Waals surface area contributed by atoms with Gasteiger partial charge in [0, 0.05) is 23.1 Å². The fraction of sp³-hybridized carbons (Fsp3) is 0.400. The Balaban J connectivity index is 0. The van der Waals surface area contributed by atoms with Crippen LogP contribution in [0.4, 0.5) is 0 Å². The fourth-order valence-corrected chi connectivity index (χ4v) is 0.216. The minimum Gasteiger partial charge on any atom is -0.433 e. The second-order valence-electron chi connectivity index (χ2n) is 1.24. The van der Waals surface area contributed by atoms with Crippen LogP contribution >= 0.6 is 0 Å². The average molecular weight is 172 g/mol. The summed E-state index contributed by atoms with van der Waals surface area (Å²) in [5, 5.41) is 8.36. The van der Waals surface area contributed by atoms with Crippen molar-refractivity contribution in [2.45, 2.75) is 13.2 Å². The standard InChI is InChI=1S/C5H8O3.Fe/c1-3-5(7)8-4(2)6;/h3-4,6H,1H2,2H3;. The third-order valence-corrected chi connectivity index (χ3v) is 0.453. The van der Waals surface area contributed by atoms with Crippen LogP contribution < -0.4 is 0 Å². The summed E-state index contributed by atoms with van der Waals surface area (Å²) in [7, 11) is 0.